The number of piperidine rings is 1. The highest BCUT2D eigenvalue weighted by molar-refractivity contribution is 6.05. The summed E-state index contributed by atoms with van der Waals surface area (Å²) in [6.07, 6.45) is 4.88. The van der Waals surface area contributed by atoms with Crippen LogP contribution in [-0.2, 0) is 4.74 Å². The Morgan fingerprint density at radius 2 is 2.00 bits per heavy atom. The molecule has 3 heterocycles. The minimum atomic E-state index is -0.452. The number of ether oxygens (including phenoxy) is 1. The van der Waals surface area contributed by atoms with E-state index in [1.807, 2.05) is 40.1 Å². The van der Waals surface area contributed by atoms with Gasteiger partial charge in [0.15, 0.2) is 0 Å². The van der Waals surface area contributed by atoms with Crippen molar-refractivity contribution in [3.63, 3.8) is 0 Å². The first-order chi connectivity index (χ1) is 13.5. The molecule has 0 radical (unpaired) electrons. The van der Waals surface area contributed by atoms with Gasteiger partial charge in [-0.15, -0.1) is 0 Å². The zero-order chi connectivity index (χ0) is 19.7. The van der Waals surface area contributed by atoms with Gasteiger partial charge in [-0.25, -0.2) is 4.79 Å². The lowest BCUT2D eigenvalue weighted by Crippen LogP contribution is -2.49. The van der Waals surface area contributed by atoms with Gasteiger partial charge in [-0.05, 0) is 25.5 Å². The molecule has 2 aliphatic heterocycles. The Balaban J connectivity index is 1.46. The first-order valence-corrected chi connectivity index (χ1v) is 10.2. The zero-order valence-electron chi connectivity index (χ0n) is 16.6. The van der Waals surface area contributed by atoms with Crippen LogP contribution in [0.3, 0.4) is 0 Å². The van der Waals surface area contributed by atoms with Crippen molar-refractivity contribution in [2.24, 2.45) is 0 Å². The number of aromatic nitrogens is 1. The number of carbonyl (C=O) groups excluding carboxylic acids is 2. The number of benzene rings is 1. The summed E-state index contributed by atoms with van der Waals surface area (Å²) >= 11 is 0. The molecule has 2 aromatic rings. The van der Waals surface area contributed by atoms with Gasteiger partial charge in [-0.3, -0.25) is 9.78 Å². The van der Waals surface area contributed by atoms with E-state index < -0.39 is 5.60 Å². The van der Waals surface area contributed by atoms with Crippen molar-refractivity contribution in [3.05, 3.63) is 42.1 Å². The molecule has 1 spiro atoms. The average Bonchev–Trinajstić information content (AvgIpc) is 3.03. The number of likely N-dealkylation sites (tertiary alicyclic amines) is 1. The number of amides is 2. The standard InChI is InChI=1S/C22H27N3O3/c1-3-6-16(2)25-15-22(28-21(25)27)10-13-24(14-11-22)20(26)18-9-4-7-17-8-5-12-23-19(17)18/h4-5,7-9,12,16H,3,6,10-11,13-15H2,1-2H3/t16-/m0/s1. The molecular weight excluding hydrogens is 354 g/mol. The lowest BCUT2D eigenvalue weighted by molar-refractivity contribution is 0.00312. The smallest absolute Gasteiger partial charge is 0.410 e. The Bertz CT molecular complexity index is 884. The predicted molar refractivity (Wildman–Crippen MR) is 107 cm³/mol. The molecule has 1 atom stereocenters. The maximum atomic E-state index is 13.1. The van der Waals surface area contributed by atoms with Gasteiger partial charge in [0, 0.05) is 43.6 Å². The number of nitrogens with zero attached hydrogens (tertiary/aromatic N) is 3. The van der Waals surface area contributed by atoms with Gasteiger partial charge in [0.1, 0.15) is 5.60 Å². The highest BCUT2D eigenvalue weighted by atomic mass is 16.6. The number of carbonyl (C=O) groups is 2. The third-order valence-corrected chi connectivity index (χ3v) is 6.06. The molecule has 2 amide bonds. The van der Waals surface area contributed by atoms with Crippen LogP contribution in [0.1, 0.15) is 49.9 Å². The maximum absolute atomic E-state index is 13.1. The Morgan fingerprint density at radius 1 is 1.25 bits per heavy atom. The summed E-state index contributed by atoms with van der Waals surface area (Å²) in [4.78, 5) is 33.6. The second-order valence-corrected chi connectivity index (χ2v) is 7.99. The van der Waals surface area contributed by atoms with Gasteiger partial charge in [0.25, 0.3) is 5.91 Å². The van der Waals surface area contributed by atoms with Crippen molar-refractivity contribution < 1.29 is 14.3 Å². The van der Waals surface area contributed by atoms with Crippen LogP contribution in [0.4, 0.5) is 4.79 Å². The Labute approximate surface area is 165 Å². The Hall–Kier alpha value is -2.63. The predicted octanol–water partition coefficient (Wildman–Crippen LogP) is 3.85. The molecule has 28 heavy (non-hydrogen) atoms. The molecule has 148 valence electrons. The third kappa shape index (κ3) is 3.32. The van der Waals surface area contributed by atoms with Crippen LogP contribution < -0.4 is 0 Å². The maximum Gasteiger partial charge on any atom is 0.410 e. The molecule has 1 aromatic carbocycles. The van der Waals surface area contributed by atoms with Crippen LogP contribution in [0.5, 0.6) is 0 Å². The van der Waals surface area contributed by atoms with Crippen molar-refractivity contribution in [3.8, 4) is 0 Å². The topological polar surface area (TPSA) is 62.7 Å². The highest BCUT2D eigenvalue weighted by Gasteiger charge is 2.48. The number of para-hydroxylation sites is 1. The van der Waals surface area contributed by atoms with E-state index in [9.17, 15) is 9.59 Å². The quantitative estimate of drug-likeness (QED) is 0.807. The van der Waals surface area contributed by atoms with E-state index in [1.165, 1.54) is 0 Å². The molecule has 6 nitrogen and oxygen atoms in total. The van der Waals surface area contributed by atoms with Gasteiger partial charge in [-0.1, -0.05) is 31.5 Å². The van der Waals surface area contributed by atoms with E-state index in [4.69, 9.17) is 4.74 Å². The second kappa shape index (κ2) is 7.41. The summed E-state index contributed by atoms with van der Waals surface area (Å²) in [5.41, 5.74) is 0.921. The summed E-state index contributed by atoms with van der Waals surface area (Å²) in [5, 5.41) is 0.965. The van der Waals surface area contributed by atoms with Crippen molar-refractivity contribution in [1.29, 1.82) is 0 Å². The highest BCUT2D eigenvalue weighted by Crippen LogP contribution is 2.35. The molecule has 0 N–H and O–H groups in total. The molecule has 6 heteroatoms. The fraction of sp³-hybridized carbons (Fsp3) is 0.500. The van der Waals surface area contributed by atoms with Crippen LogP contribution in [0.15, 0.2) is 36.5 Å². The first-order valence-electron chi connectivity index (χ1n) is 10.2. The molecular formula is C22H27N3O3. The monoisotopic (exact) mass is 381 g/mol. The molecule has 2 saturated heterocycles. The van der Waals surface area contributed by atoms with E-state index in [2.05, 4.69) is 18.8 Å². The van der Waals surface area contributed by atoms with Crippen molar-refractivity contribution in [1.82, 2.24) is 14.8 Å². The van der Waals surface area contributed by atoms with E-state index in [0.717, 1.165) is 23.7 Å². The first kappa shape index (κ1) is 18.7. The second-order valence-electron chi connectivity index (χ2n) is 7.99. The largest absolute Gasteiger partial charge is 0.441 e. The zero-order valence-corrected chi connectivity index (χ0v) is 16.6. The van der Waals surface area contributed by atoms with E-state index in [0.29, 0.717) is 38.0 Å². The number of fused-ring (bicyclic) bond motifs is 1. The molecule has 1 aromatic heterocycles. The molecule has 0 bridgehead atoms. The van der Waals surface area contributed by atoms with Crippen LogP contribution in [0, 0.1) is 0 Å². The number of hydrogen-bond acceptors (Lipinski definition) is 4. The van der Waals surface area contributed by atoms with Gasteiger partial charge >= 0.3 is 6.09 Å². The summed E-state index contributed by atoms with van der Waals surface area (Å²) < 4.78 is 5.81. The SMILES string of the molecule is CCC[C@H](C)N1CC2(CCN(C(=O)c3cccc4cccnc34)CC2)OC1=O. The van der Waals surface area contributed by atoms with Crippen molar-refractivity contribution in [2.75, 3.05) is 19.6 Å². The summed E-state index contributed by atoms with van der Waals surface area (Å²) in [5.74, 6) is -0.000296. The van der Waals surface area contributed by atoms with Gasteiger partial charge < -0.3 is 14.5 Å². The lowest BCUT2D eigenvalue weighted by atomic mass is 9.90. The fourth-order valence-electron chi connectivity index (χ4n) is 4.39. The molecule has 0 unspecified atom stereocenters. The molecule has 4 rings (SSSR count). The van der Waals surface area contributed by atoms with Gasteiger partial charge in [0.2, 0.25) is 0 Å². The molecule has 2 fully saturated rings. The van der Waals surface area contributed by atoms with Gasteiger partial charge in [-0.2, -0.15) is 0 Å². The number of rotatable bonds is 4. The minimum Gasteiger partial charge on any atom is -0.441 e. The van der Waals surface area contributed by atoms with Crippen molar-refractivity contribution >= 4 is 22.9 Å². The Kier molecular flexibility index (Phi) is 4.96. The molecule has 0 aliphatic carbocycles. The summed E-state index contributed by atoms with van der Waals surface area (Å²) in [6.45, 7) is 6.01. The minimum absolute atomic E-state index is 0.000296. The average molecular weight is 381 g/mol. The fourth-order valence-corrected chi connectivity index (χ4v) is 4.39. The number of hydrogen-bond donors (Lipinski definition) is 0. The molecule has 2 aliphatic rings. The summed E-state index contributed by atoms with van der Waals surface area (Å²) in [6, 6.07) is 9.74. The van der Waals surface area contributed by atoms with Gasteiger partial charge in [0.05, 0.1) is 17.6 Å². The van der Waals surface area contributed by atoms with Crippen LogP contribution in [0.25, 0.3) is 10.9 Å². The molecule has 0 saturated carbocycles. The van der Waals surface area contributed by atoms with Crippen LogP contribution >= 0.6 is 0 Å². The van der Waals surface area contributed by atoms with E-state index >= 15 is 0 Å². The normalized spacial score (nSPS) is 19.9. The number of pyridine rings is 1. The van der Waals surface area contributed by atoms with Crippen LogP contribution in [-0.4, -0.2) is 58.1 Å². The third-order valence-electron chi connectivity index (χ3n) is 6.06. The summed E-state index contributed by atoms with van der Waals surface area (Å²) in [7, 11) is 0. The van der Waals surface area contributed by atoms with E-state index in [1.54, 1.807) is 6.20 Å². The van der Waals surface area contributed by atoms with Crippen LogP contribution in [0.2, 0.25) is 0 Å². The lowest BCUT2D eigenvalue weighted by Gasteiger charge is -2.37. The van der Waals surface area contributed by atoms with Crippen molar-refractivity contribution in [2.45, 2.75) is 51.2 Å². The van der Waals surface area contributed by atoms with E-state index in [-0.39, 0.29) is 18.0 Å². The Morgan fingerprint density at radius 3 is 2.75 bits per heavy atom.